The molecule has 7 nitrogen and oxygen atoms in total. The molecule has 2 atom stereocenters. The van der Waals surface area contributed by atoms with Crippen molar-refractivity contribution in [3.63, 3.8) is 0 Å². The zero-order chi connectivity index (χ0) is 22.8. The van der Waals surface area contributed by atoms with Gasteiger partial charge in [0.1, 0.15) is 12.1 Å². The van der Waals surface area contributed by atoms with Crippen molar-refractivity contribution in [3.8, 4) is 12.3 Å². The molecule has 1 fully saturated rings. The molecule has 0 heterocycles. The summed E-state index contributed by atoms with van der Waals surface area (Å²) < 4.78 is 0. The summed E-state index contributed by atoms with van der Waals surface area (Å²) in [5, 5.41) is 6.85. The van der Waals surface area contributed by atoms with Gasteiger partial charge in [-0.15, -0.1) is 6.42 Å². The van der Waals surface area contributed by atoms with Crippen LogP contribution >= 0.6 is 0 Å². The molecule has 0 bridgehead atoms. The van der Waals surface area contributed by atoms with Gasteiger partial charge in [0.2, 0.25) is 11.8 Å². The van der Waals surface area contributed by atoms with E-state index in [1.807, 2.05) is 24.3 Å². The summed E-state index contributed by atoms with van der Waals surface area (Å²) in [6.07, 6.45) is 10.7. The van der Waals surface area contributed by atoms with Gasteiger partial charge in [0.15, 0.2) is 0 Å². The molecule has 2 aromatic carbocycles. The van der Waals surface area contributed by atoms with Gasteiger partial charge in [0.05, 0.1) is 6.54 Å². The zero-order valence-corrected chi connectivity index (χ0v) is 17.9. The number of nitrogens with one attached hydrogen (secondary N) is 1. The van der Waals surface area contributed by atoms with Crippen LogP contribution in [-0.2, 0) is 9.59 Å². The molecular formula is C25H27N5O2. The summed E-state index contributed by atoms with van der Waals surface area (Å²) in [5.74, 6) is 1.70. The molecule has 1 saturated carbocycles. The summed E-state index contributed by atoms with van der Waals surface area (Å²) in [6, 6.07) is 15.9. The van der Waals surface area contributed by atoms with E-state index in [1.54, 1.807) is 36.4 Å². The summed E-state index contributed by atoms with van der Waals surface area (Å²) in [6.45, 7) is -0.0965. The Hall–Kier alpha value is -3.75. The molecule has 164 valence electrons. The number of carbonyl (C=O) groups is 2. The number of amides is 2. The molecule has 1 aliphatic rings. The molecular weight excluding hydrogens is 402 g/mol. The summed E-state index contributed by atoms with van der Waals surface area (Å²) in [7, 11) is 0. The maximum atomic E-state index is 13.6. The lowest BCUT2D eigenvalue weighted by Crippen LogP contribution is -2.48. The van der Waals surface area contributed by atoms with Crippen LogP contribution in [0.3, 0.4) is 0 Å². The lowest BCUT2D eigenvalue weighted by atomic mass is 9.94. The van der Waals surface area contributed by atoms with E-state index < -0.39 is 18.0 Å². The molecule has 0 saturated heterocycles. The first kappa shape index (κ1) is 22.9. The number of terminal acetylenes is 1. The van der Waals surface area contributed by atoms with E-state index in [-0.39, 0.29) is 18.5 Å². The van der Waals surface area contributed by atoms with Gasteiger partial charge in [-0.05, 0) is 29.5 Å². The predicted molar refractivity (Wildman–Crippen MR) is 123 cm³/mol. The van der Waals surface area contributed by atoms with Crippen molar-refractivity contribution in [2.75, 3.05) is 6.54 Å². The fraction of sp³-hybridized carbons (Fsp3) is 0.360. The third-order valence-corrected chi connectivity index (χ3v) is 5.69. The van der Waals surface area contributed by atoms with Gasteiger partial charge >= 0.3 is 0 Å². The van der Waals surface area contributed by atoms with Crippen molar-refractivity contribution >= 4 is 11.8 Å². The second kappa shape index (κ2) is 11.6. The van der Waals surface area contributed by atoms with Crippen molar-refractivity contribution in [1.82, 2.24) is 10.2 Å². The van der Waals surface area contributed by atoms with Crippen molar-refractivity contribution in [2.24, 2.45) is 5.11 Å². The Bertz CT molecular complexity index is 990. The first-order valence-corrected chi connectivity index (χ1v) is 10.8. The summed E-state index contributed by atoms with van der Waals surface area (Å²) in [4.78, 5) is 31.3. The Kier molecular flexibility index (Phi) is 8.30. The highest BCUT2D eigenvalue weighted by Gasteiger charge is 2.35. The standard InChI is InChI=1S/C25H27N5O2/c1-2-18-30(25(32)22(28-29-26)19-12-6-3-7-13-19)23(20-14-8-4-9-15-20)24(31)27-21-16-10-5-11-17-21/h1,3-4,6-9,12-15,21-23H,5,10-11,16-18H2,(H,27,31). The van der Waals surface area contributed by atoms with Crippen LogP contribution in [0.15, 0.2) is 65.8 Å². The Morgan fingerprint density at radius 3 is 2.22 bits per heavy atom. The van der Waals surface area contributed by atoms with Crippen molar-refractivity contribution in [3.05, 3.63) is 82.2 Å². The Labute approximate surface area is 188 Å². The molecule has 1 aliphatic carbocycles. The first-order valence-electron chi connectivity index (χ1n) is 10.8. The van der Waals surface area contributed by atoms with Gasteiger partial charge in [-0.25, -0.2) is 0 Å². The van der Waals surface area contributed by atoms with E-state index in [0.717, 1.165) is 25.7 Å². The van der Waals surface area contributed by atoms with Crippen LogP contribution in [-0.4, -0.2) is 29.3 Å². The first-order chi connectivity index (χ1) is 15.7. The third-order valence-electron chi connectivity index (χ3n) is 5.69. The number of benzene rings is 2. The Morgan fingerprint density at radius 1 is 1.06 bits per heavy atom. The number of hydrogen-bond acceptors (Lipinski definition) is 3. The van der Waals surface area contributed by atoms with E-state index in [9.17, 15) is 9.59 Å². The number of carbonyl (C=O) groups excluding carboxylic acids is 2. The molecule has 0 radical (unpaired) electrons. The minimum atomic E-state index is -1.12. The Morgan fingerprint density at radius 2 is 1.66 bits per heavy atom. The molecule has 0 aliphatic heterocycles. The minimum absolute atomic E-state index is 0.0762. The number of hydrogen-bond donors (Lipinski definition) is 1. The fourth-order valence-corrected chi connectivity index (χ4v) is 4.13. The predicted octanol–water partition coefficient (Wildman–Crippen LogP) is 4.69. The largest absolute Gasteiger partial charge is 0.351 e. The molecule has 0 spiro atoms. The van der Waals surface area contributed by atoms with Crippen LogP contribution in [0.1, 0.15) is 55.3 Å². The molecule has 2 unspecified atom stereocenters. The van der Waals surface area contributed by atoms with Crippen LogP contribution in [0.5, 0.6) is 0 Å². The maximum Gasteiger partial charge on any atom is 0.247 e. The van der Waals surface area contributed by atoms with Gasteiger partial charge in [-0.1, -0.05) is 91.0 Å². The number of rotatable bonds is 8. The van der Waals surface area contributed by atoms with Crippen molar-refractivity contribution in [1.29, 1.82) is 0 Å². The Balaban J connectivity index is 1.98. The maximum absolute atomic E-state index is 13.6. The SMILES string of the molecule is C#CCN(C(=O)C(N=[N+]=[N-])c1ccccc1)C(C(=O)NC1CCCCC1)c1ccccc1. The van der Waals surface area contributed by atoms with Crippen molar-refractivity contribution in [2.45, 2.75) is 50.2 Å². The normalized spacial score (nSPS) is 15.5. The molecule has 3 rings (SSSR count). The van der Waals surface area contributed by atoms with Crippen molar-refractivity contribution < 1.29 is 9.59 Å². The monoisotopic (exact) mass is 429 g/mol. The lowest BCUT2D eigenvalue weighted by molar-refractivity contribution is -0.141. The van der Waals surface area contributed by atoms with Gasteiger partial charge in [0.25, 0.3) is 0 Å². The topological polar surface area (TPSA) is 98.2 Å². The van der Waals surface area contributed by atoms with Gasteiger partial charge in [-0.2, -0.15) is 0 Å². The molecule has 2 aromatic rings. The van der Waals surface area contributed by atoms with Crippen LogP contribution in [0.25, 0.3) is 10.4 Å². The van der Waals surface area contributed by atoms with Crippen LogP contribution in [0.2, 0.25) is 0 Å². The highest BCUT2D eigenvalue weighted by Crippen LogP contribution is 2.28. The summed E-state index contributed by atoms with van der Waals surface area (Å²) in [5.41, 5.74) is 10.3. The zero-order valence-electron chi connectivity index (χ0n) is 17.9. The van der Waals surface area contributed by atoms with Gasteiger partial charge in [-0.3, -0.25) is 9.59 Å². The molecule has 7 heteroatoms. The van der Waals surface area contributed by atoms with E-state index in [2.05, 4.69) is 21.3 Å². The molecule has 0 aromatic heterocycles. The number of azide groups is 1. The fourth-order valence-electron chi connectivity index (χ4n) is 4.13. The smallest absolute Gasteiger partial charge is 0.247 e. The van der Waals surface area contributed by atoms with E-state index in [0.29, 0.717) is 11.1 Å². The third kappa shape index (κ3) is 5.69. The highest BCUT2D eigenvalue weighted by molar-refractivity contribution is 5.91. The second-order valence-corrected chi connectivity index (χ2v) is 7.85. The molecule has 1 N–H and O–H groups in total. The average molecular weight is 430 g/mol. The second-order valence-electron chi connectivity index (χ2n) is 7.85. The van der Waals surface area contributed by atoms with E-state index in [4.69, 9.17) is 12.0 Å². The average Bonchev–Trinajstić information content (AvgIpc) is 2.83. The minimum Gasteiger partial charge on any atom is -0.351 e. The van der Waals surface area contributed by atoms with Crippen LogP contribution < -0.4 is 5.32 Å². The quantitative estimate of drug-likeness (QED) is 0.285. The molecule has 32 heavy (non-hydrogen) atoms. The number of nitrogens with zero attached hydrogens (tertiary/aromatic N) is 4. The van der Waals surface area contributed by atoms with Gasteiger partial charge < -0.3 is 10.2 Å². The molecule has 2 amide bonds. The summed E-state index contributed by atoms with van der Waals surface area (Å²) >= 11 is 0. The van der Waals surface area contributed by atoms with E-state index in [1.165, 1.54) is 11.3 Å². The highest BCUT2D eigenvalue weighted by atomic mass is 16.2. The lowest BCUT2D eigenvalue weighted by Gasteiger charge is -2.33. The van der Waals surface area contributed by atoms with Gasteiger partial charge in [0, 0.05) is 11.0 Å². The van der Waals surface area contributed by atoms with E-state index >= 15 is 0 Å². The van der Waals surface area contributed by atoms with Crippen LogP contribution in [0, 0.1) is 12.3 Å². The van der Waals surface area contributed by atoms with Crippen LogP contribution in [0.4, 0.5) is 0 Å².